The molecule has 0 N–H and O–H groups in total. The number of hydrogen-bond donors (Lipinski definition) is 0. The summed E-state index contributed by atoms with van der Waals surface area (Å²) in [7, 11) is 0. The van der Waals surface area contributed by atoms with Gasteiger partial charge in [0, 0.05) is 30.3 Å². The molecule has 106 valence electrons. The summed E-state index contributed by atoms with van der Waals surface area (Å²) in [5.74, 6) is 1.06. The van der Waals surface area contributed by atoms with E-state index in [0.29, 0.717) is 11.7 Å². The maximum Gasteiger partial charge on any atom is 0.223 e. The van der Waals surface area contributed by atoms with Crippen LogP contribution in [0.1, 0.15) is 5.89 Å². The van der Waals surface area contributed by atoms with Gasteiger partial charge in [0.15, 0.2) is 0 Å². The topological polar surface area (TPSA) is 90.5 Å². The van der Waals surface area contributed by atoms with Crippen LogP contribution in [-0.2, 0) is 0 Å². The first-order valence-electron chi connectivity index (χ1n) is 6.62. The highest BCUT2D eigenvalue weighted by Gasteiger charge is 2.09. The Balaban J connectivity index is 1.81. The second-order valence-corrected chi connectivity index (χ2v) is 4.72. The Bertz CT molecular complexity index is 965. The van der Waals surface area contributed by atoms with E-state index in [1.165, 1.54) is 6.33 Å². The minimum absolute atomic E-state index is 0.523. The lowest BCUT2D eigenvalue weighted by Crippen LogP contribution is -1.91. The molecule has 0 aliphatic heterocycles. The smallest absolute Gasteiger partial charge is 0.223 e. The van der Waals surface area contributed by atoms with E-state index in [4.69, 9.17) is 4.52 Å². The zero-order valence-corrected chi connectivity index (χ0v) is 11.6. The van der Waals surface area contributed by atoms with Gasteiger partial charge < -0.3 is 4.52 Å². The molecule has 4 aromatic rings. The zero-order valence-electron chi connectivity index (χ0n) is 11.6. The molecule has 4 rings (SSSR count). The monoisotopic (exact) mass is 290 g/mol. The van der Waals surface area contributed by atoms with Crippen molar-refractivity contribution in [3.8, 4) is 22.8 Å². The van der Waals surface area contributed by atoms with E-state index in [9.17, 15) is 0 Å². The minimum Gasteiger partial charge on any atom is -0.339 e. The molecule has 0 aromatic carbocycles. The van der Waals surface area contributed by atoms with E-state index in [-0.39, 0.29) is 0 Å². The van der Waals surface area contributed by atoms with Crippen molar-refractivity contribution >= 4 is 10.9 Å². The van der Waals surface area contributed by atoms with Gasteiger partial charge in [-0.25, -0.2) is 9.97 Å². The average molecular weight is 290 g/mol. The maximum absolute atomic E-state index is 5.01. The summed E-state index contributed by atoms with van der Waals surface area (Å²) in [6, 6.07) is 5.61. The molecule has 0 saturated heterocycles. The molecule has 7 heteroatoms. The van der Waals surface area contributed by atoms with E-state index in [1.807, 2.05) is 18.2 Å². The number of aromatic nitrogens is 6. The molecule has 0 aliphatic carbocycles. The van der Waals surface area contributed by atoms with E-state index >= 15 is 0 Å². The first-order valence-corrected chi connectivity index (χ1v) is 6.62. The van der Waals surface area contributed by atoms with Crippen molar-refractivity contribution in [1.82, 2.24) is 30.1 Å². The highest BCUT2D eigenvalue weighted by Crippen LogP contribution is 2.23. The average Bonchev–Trinajstić information content (AvgIpc) is 3.01. The molecule has 4 heterocycles. The number of hydrogen-bond acceptors (Lipinski definition) is 7. The van der Waals surface area contributed by atoms with Crippen LogP contribution >= 0.6 is 0 Å². The number of fused-ring (bicyclic) bond motifs is 1. The zero-order chi connectivity index (χ0) is 14.9. The molecular weight excluding hydrogens is 280 g/mol. The Kier molecular flexibility index (Phi) is 2.82. The van der Waals surface area contributed by atoms with Gasteiger partial charge in [-0.1, -0.05) is 5.16 Å². The molecule has 0 bridgehead atoms. The van der Waals surface area contributed by atoms with Gasteiger partial charge in [-0.2, -0.15) is 4.98 Å². The summed E-state index contributed by atoms with van der Waals surface area (Å²) in [4.78, 5) is 21.2. The summed E-state index contributed by atoms with van der Waals surface area (Å²) in [6.07, 6.45) is 6.66. The van der Waals surface area contributed by atoms with Gasteiger partial charge in [-0.05, 0) is 18.2 Å². The number of aryl methyl sites for hydroxylation is 1. The van der Waals surface area contributed by atoms with Crippen molar-refractivity contribution in [2.24, 2.45) is 0 Å². The van der Waals surface area contributed by atoms with Crippen LogP contribution < -0.4 is 0 Å². The summed E-state index contributed by atoms with van der Waals surface area (Å²) in [5.41, 5.74) is 3.09. The van der Waals surface area contributed by atoms with Crippen molar-refractivity contribution in [1.29, 1.82) is 0 Å². The third-order valence-electron chi connectivity index (χ3n) is 3.20. The first-order chi connectivity index (χ1) is 10.8. The maximum atomic E-state index is 5.01. The van der Waals surface area contributed by atoms with Crippen LogP contribution in [0.15, 0.2) is 47.6 Å². The Morgan fingerprint density at radius 1 is 1.00 bits per heavy atom. The van der Waals surface area contributed by atoms with Crippen molar-refractivity contribution < 1.29 is 4.52 Å². The third-order valence-corrected chi connectivity index (χ3v) is 3.20. The van der Waals surface area contributed by atoms with Crippen LogP contribution in [0.5, 0.6) is 0 Å². The molecule has 0 aliphatic rings. The lowest BCUT2D eigenvalue weighted by atomic mass is 10.1. The predicted molar refractivity (Wildman–Crippen MR) is 78.6 cm³/mol. The fourth-order valence-corrected chi connectivity index (χ4v) is 2.15. The van der Waals surface area contributed by atoms with Crippen LogP contribution in [-0.4, -0.2) is 30.1 Å². The number of rotatable bonds is 2. The van der Waals surface area contributed by atoms with E-state index in [2.05, 4.69) is 30.1 Å². The molecule has 0 spiro atoms. The molecule has 0 fully saturated rings. The van der Waals surface area contributed by atoms with Gasteiger partial charge in [0.1, 0.15) is 6.33 Å². The lowest BCUT2D eigenvalue weighted by Gasteiger charge is -2.03. The lowest BCUT2D eigenvalue weighted by molar-refractivity contribution is 0.394. The standard InChI is InChI=1S/C15H10N6O/c1-9-20-15(21-22-9)10-2-3-17-12(4-10)13-5-11-6-16-8-19-14(11)7-18-13/h2-8H,1H3. The Labute approximate surface area is 125 Å². The second-order valence-electron chi connectivity index (χ2n) is 4.72. The van der Waals surface area contributed by atoms with Crippen molar-refractivity contribution in [2.75, 3.05) is 0 Å². The van der Waals surface area contributed by atoms with Crippen molar-refractivity contribution in [3.05, 3.63) is 49.0 Å². The van der Waals surface area contributed by atoms with Gasteiger partial charge in [0.2, 0.25) is 11.7 Å². The van der Waals surface area contributed by atoms with Crippen LogP contribution in [0.4, 0.5) is 0 Å². The normalized spacial score (nSPS) is 11.0. The van der Waals surface area contributed by atoms with Crippen LogP contribution in [0.3, 0.4) is 0 Å². The quantitative estimate of drug-likeness (QED) is 0.560. The molecule has 0 atom stereocenters. The molecule has 0 saturated carbocycles. The summed E-state index contributed by atoms with van der Waals surface area (Å²) in [6.45, 7) is 1.75. The molecule has 22 heavy (non-hydrogen) atoms. The van der Waals surface area contributed by atoms with Gasteiger partial charge in [-0.15, -0.1) is 0 Å². The summed E-state index contributed by atoms with van der Waals surface area (Å²) < 4.78 is 5.01. The van der Waals surface area contributed by atoms with Crippen LogP contribution in [0.25, 0.3) is 33.7 Å². The summed E-state index contributed by atoms with van der Waals surface area (Å²) in [5, 5.41) is 4.83. The molecule has 0 unspecified atom stereocenters. The number of pyridine rings is 2. The van der Waals surface area contributed by atoms with Gasteiger partial charge in [0.25, 0.3) is 0 Å². The van der Waals surface area contributed by atoms with Gasteiger partial charge in [0.05, 0.1) is 23.1 Å². The van der Waals surface area contributed by atoms with Crippen LogP contribution in [0.2, 0.25) is 0 Å². The molecule has 0 amide bonds. The van der Waals surface area contributed by atoms with E-state index in [1.54, 1.807) is 25.5 Å². The number of nitrogens with zero attached hydrogens (tertiary/aromatic N) is 6. The fourth-order valence-electron chi connectivity index (χ4n) is 2.15. The molecule has 7 nitrogen and oxygen atoms in total. The van der Waals surface area contributed by atoms with Crippen LogP contribution in [0, 0.1) is 6.92 Å². The molecule has 0 radical (unpaired) electrons. The van der Waals surface area contributed by atoms with Gasteiger partial charge >= 0.3 is 0 Å². The highest BCUT2D eigenvalue weighted by molar-refractivity contribution is 5.80. The Morgan fingerprint density at radius 3 is 2.77 bits per heavy atom. The summed E-state index contributed by atoms with van der Waals surface area (Å²) >= 11 is 0. The van der Waals surface area contributed by atoms with Crippen molar-refractivity contribution in [3.63, 3.8) is 0 Å². The third kappa shape index (κ3) is 2.18. The second kappa shape index (κ2) is 4.96. The highest BCUT2D eigenvalue weighted by atomic mass is 16.5. The fraction of sp³-hybridized carbons (Fsp3) is 0.0667. The van der Waals surface area contributed by atoms with E-state index < -0.39 is 0 Å². The largest absolute Gasteiger partial charge is 0.339 e. The molecular formula is C15H10N6O. The SMILES string of the molecule is Cc1nc(-c2ccnc(-c3cc4cncnc4cn3)c2)no1. The first kappa shape index (κ1) is 12.5. The Morgan fingerprint density at radius 2 is 1.91 bits per heavy atom. The van der Waals surface area contributed by atoms with Gasteiger partial charge in [-0.3, -0.25) is 9.97 Å². The minimum atomic E-state index is 0.523. The Hall–Kier alpha value is -3.22. The molecule has 4 aromatic heterocycles. The predicted octanol–water partition coefficient (Wildman–Crippen LogP) is 2.45. The van der Waals surface area contributed by atoms with Crippen molar-refractivity contribution in [2.45, 2.75) is 6.92 Å². The van der Waals surface area contributed by atoms with E-state index in [0.717, 1.165) is 27.9 Å².